The van der Waals surface area contributed by atoms with E-state index in [1.165, 1.54) is 10.9 Å². The highest BCUT2D eigenvalue weighted by Crippen LogP contribution is 2.16. The minimum Gasteiger partial charge on any atom is -0.383 e. The summed E-state index contributed by atoms with van der Waals surface area (Å²) < 4.78 is 6.53. The average Bonchev–Trinajstić information content (AvgIpc) is 2.95. The predicted molar refractivity (Wildman–Crippen MR) is 73.5 cm³/mol. The summed E-state index contributed by atoms with van der Waals surface area (Å²) in [6, 6.07) is 5.61. The van der Waals surface area contributed by atoms with Crippen LogP contribution in [0.5, 0.6) is 0 Å². The fourth-order valence-electron chi connectivity index (χ4n) is 1.63. The van der Waals surface area contributed by atoms with Crippen LogP contribution < -0.4 is 5.73 Å². The Balaban J connectivity index is 2.33. The topological polar surface area (TPSA) is 89.8 Å². The molecule has 6 nitrogen and oxygen atoms in total. The second-order valence-electron chi connectivity index (χ2n) is 3.87. The molecule has 0 bridgehead atoms. The molecule has 2 rings (SSSR count). The molecule has 2 aromatic heterocycles. The maximum Gasteiger partial charge on any atom is 0.131 e. The van der Waals surface area contributed by atoms with Crippen molar-refractivity contribution < 1.29 is 4.74 Å². The molecule has 0 saturated heterocycles. The van der Waals surface area contributed by atoms with Crippen molar-refractivity contribution in [2.75, 3.05) is 13.7 Å². The number of aromatic nitrogens is 3. The first-order valence-electron chi connectivity index (χ1n) is 5.70. The summed E-state index contributed by atoms with van der Waals surface area (Å²) in [5.41, 5.74) is 8.30. The molecule has 3 N–H and O–H groups in total. The smallest absolute Gasteiger partial charge is 0.131 e. The largest absolute Gasteiger partial charge is 0.383 e. The van der Waals surface area contributed by atoms with Crippen molar-refractivity contribution in [1.29, 1.82) is 5.41 Å². The van der Waals surface area contributed by atoms with Gasteiger partial charge in [0.1, 0.15) is 5.82 Å². The van der Waals surface area contributed by atoms with Crippen LogP contribution in [-0.2, 0) is 4.74 Å². The van der Waals surface area contributed by atoms with Gasteiger partial charge in [-0.3, -0.25) is 4.98 Å². The monoisotopic (exact) mass is 257 g/mol. The summed E-state index contributed by atoms with van der Waals surface area (Å²) in [5.74, 6) is 0.386. The van der Waals surface area contributed by atoms with Crippen LogP contribution in [0.1, 0.15) is 0 Å². The number of nitrogens with one attached hydrogen (secondary N) is 1. The zero-order valence-electron chi connectivity index (χ0n) is 10.6. The third kappa shape index (κ3) is 2.86. The van der Waals surface area contributed by atoms with E-state index in [-0.39, 0.29) is 6.61 Å². The Morgan fingerprint density at radius 1 is 1.42 bits per heavy atom. The number of pyridine rings is 1. The molecule has 0 aliphatic carbocycles. The van der Waals surface area contributed by atoms with Crippen LogP contribution in [-0.4, -0.2) is 34.7 Å². The molecule has 98 valence electrons. The van der Waals surface area contributed by atoms with Crippen LogP contribution in [0.2, 0.25) is 0 Å². The van der Waals surface area contributed by atoms with E-state index in [1.807, 2.05) is 18.2 Å². The van der Waals surface area contributed by atoms with Crippen LogP contribution in [0.4, 0.5) is 0 Å². The van der Waals surface area contributed by atoms with Crippen LogP contribution in [0.25, 0.3) is 17.1 Å². The Labute approximate surface area is 111 Å². The Morgan fingerprint density at radius 2 is 2.16 bits per heavy atom. The molecule has 0 fully saturated rings. The van der Waals surface area contributed by atoms with E-state index in [4.69, 9.17) is 15.9 Å². The summed E-state index contributed by atoms with van der Waals surface area (Å²) in [5, 5.41) is 11.7. The van der Waals surface area contributed by atoms with Gasteiger partial charge in [-0.05, 0) is 18.2 Å². The van der Waals surface area contributed by atoms with E-state index in [2.05, 4.69) is 10.1 Å². The Kier molecular flexibility index (Phi) is 4.04. The van der Waals surface area contributed by atoms with Gasteiger partial charge in [-0.2, -0.15) is 5.10 Å². The zero-order valence-corrected chi connectivity index (χ0v) is 10.6. The first kappa shape index (κ1) is 13.0. The summed E-state index contributed by atoms with van der Waals surface area (Å²) in [4.78, 5) is 3.96. The third-order valence-electron chi connectivity index (χ3n) is 2.62. The van der Waals surface area contributed by atoms with Crippen molar-refractivity contribution in [2.24, 2.45) is 5.73 Å². The molecule has 0 aliphatic rings. The lowest BCUT2D eigenvalue weighted by Gasteiger charge is -2.06. The highest BCUT2D eigenvalue weighted by molar-refractivity contribution is 5.84. The molecule has 0 amide bonds. The fourth-order valence-corrected chi connectivity index (χ4v) is 1.63. The van der Waals surface area contributed by atoms with Crippen molar-refractivity contribution in [3.8, 4) is 11.3 Å². The van der Waals surface area contributed by atoms with E-state index in [1.54, 1.807) is 25.7 Å². The first-order valence-corrected chi connectivity index (χ1v) is 5.70. The van der Waals surface area contributed by atoms with Gasteiger partial charge < -0.3 is 15.9 Å². The highest BCUT2D eigenvalue weighted by atomic mass is 16.5. The Hall–Kier alpha value is -2.47. The third-order valence-corrected chi connectivity index (χ3v) is 2.62. The molecule has 0 atom stereocenters. The number of nitrogens with zero attached hydrogens (tertiary/aromatic N) is 3. The van der Waals surface area contributed by atoms with Crippen LogP contribution in [0.15, 0.2) is 42.4 Å². The molecular weight excluding hydrogens is 242 g/mol. The molecule has 0 spiro atoms. The van der Waals surface area contributed by atoms with Gasteiger partial charge in [0, 0.05) is 43.1 Å². The maximum absolute atomic E-state index is 7.32. The average molecular weight is 257 g/mol. The molecule has 0 aromatic carbocycles. The van der Waals surface area contributed by atoms with Crippen molar-refractivity contribution in [1.82, 2.24) is 14.8 Å². The van der Waals surface area contributed by atoms with Crippen LogP contribution in [0, 0.1) is 5.41 Å². The van der Waals surface area contributed by atoms with Gasteiger partial charge in [-0.15, -0.1) is 0 Å². The number of hydrogen-bond donors (Lipinski definition) is 2. The van der Waals surface area contributed by atoms with Gasteiger partial charge in [-0.25, -0.2) is 4.68 Å². The molecule has 2 aromatic rings. The zero-order chi connectivity index (χ0) is 13.7. The minimum absolute atomic E-state index is 0.278. The summed E-state index contributed by atoms with van der Waals surface area (Å²) in [6.07, 6.45) is 6.35. The van der Waals surface area contributed by atoms with Gasteiger partial charge in [0.15, 0.2) is 0 Å². The van der Waals surface area contributed by atoms with Gasteiger partial charge >= 0.3 is 0 Å². The lowest BCUT2D eigenvalue weighted by atomic mass is 10.2. The molecule has 19 heavy (non-hydrogen) atoms. The quantitative estimate of drug-likeness (QED) is 0.791. The number of hydrogen-bond acceptors (Lipinski definition) is 5. The summed E-state index contributed by atoms with van der Waals surface area (Å²) in [6.45, 7) is 0.278. The fraction of sp³-hybridized carbons (Fsp3) is 0.154. The lowest BCUT2D eigenvalue weighted by Crippen LogP contribution is -2.13. The highest BCUT2D eigenvalue weighted by Gasteiger charge is 2.07. The Morgan fingerprint density at radius 3 is 2.79 bits per heavy atom. The van der Waals surface area contributed by atoms with E-state index < -0.39 is 0 Å². The molecular formula is C13H15N5O. The molecule has 0 aliphatic heterocycles. The second kappa shape index (κ2) is 5.92. The second-order valence-corrected chi connectivity index (χ2v) is 3.87. The molecule has 6 heteroatoms. The predicted octanol–water partition coefficient (Wildman–Crippen LogP) is 1.37. The van der Waals surface area contributed by atoms with E-state index in [0.717, 1.165) is 11.3 Å². The molecule has 0 saturated carbocycles. The van der Waals surface area contributed by atoms with E-state index >= 15 is 0 Å². The Bertz CT molecular complexity index is 588. The molecule has 2 heterocycles. The SMILES string of the molecule is COC/C(C=N)=C(\N)n1ccc(-c2ccncc2)n1. The van der Waals surface area contributed by atoms with Gasteiger partial charge in [0.2, 0.25) is 0 Å². The summed E-state index contributed by atoms with van der Waals surface area (Å²) in [7, 11) is 1.56. The lowest BCUT2D eigenvalue weighted by molar-refractivity contribution is 0.230. The van der Waals surface area contributed by atoms with Crippen LogP contribution >= 0.6 is 0 Å². The van der Waals surface area contributed by atoms with E-state index in [0.29, 0.717) is 11.4 Å². The maximum atomic E-state index is 7.32. The van der Waals surface area contributed by atoms with Gasteiger partial charge in [0.25, 0.3) is 0 Å². The molecule has 0 unspecified atom stereocenters. The van der Waals surface area contributed by atoms with Gasteiger partial charge in [-0.1, -0.05) is 0 Å². The number of ether oxygens (including phenoxy) is 1. The number of methoxy groups -OCH3 is 1. The normalized spacial score (nSPS) is 12.1. The first-order chi connectivity index (χ1) is 9.26. The van der Waals surface area contributed by atoms with Crippen molar-refractivity contribution in [3.63, 3.8) is 0 Å². The number of nitrogens with two attached hydrogens (primary N) is 1. The van der Waals surface area contributed by atoms with Gasteiger partial charge in [0.05, 0.1) is 12.3 Å². The minimum atomic E-state index is 0.278. The van der Waals surface area contributed by atoms with Crippen LogP contribution in [0.3, 0.4) is 0 Å². The van der Waals surface area contributed by atoms with Crippen molar-refractivity contribution in [3.05, 3.63) is 42.4 Å². The molecule has 0 radical (unpaired) electrons. The van der Waals surface area contributed by atoms with Crippen molar-refractivity contribution >= 4 is 12.0 Å². The van der Waals surface area contributed by atoms with Crippen molar-refractivity contribution in [2.45, 2.75) is 0 Å². The number of rotatable bonds is 5. The standard InChI is InChI=1S/C13H15N5O/c1-19-9-11(8-14)13(15)18-7-4-12(17-18)10-2-5-16-6-3-10/h2-8,14H,9,15H2,1H3/b13-11+,14-8?. The summed E-state index contributed by atoms with van der Waals surface area (Å²) >= 11 is 0. The van der Waals surface area contributed by atoms with E-state index in [9.17, 15) is 0 Å².